The second-order valence-electron chi connectivity index (χ2n) is 9.88. The van der Waals surface area contributed by atoms with Crippen LogP contribution in [0.5, 0.6) is 0 Å². The van der Waals surface area contributed by atoms with Gasteiger partial charge >= 0.3 is 0 Å². The van der Waals surface area contributed by atoms with Gasteiger partial charge in [-0.25, -0.2) is 4.98 Å². The van der Waals surface area contributed by atoms with Crippen LogP contribution in [0.4, 0.5) is 0 Å². The molecule has 1 aliphatic heterocycles. The molecule has 3 aromatic carbocycles. The van der Waals surface area contributed by atoms with Gasteiger partial charge in [0, 0.05) is 51.5 Å². The fourth-order valence-electron chi connectivity index (χ4n) is 6.41. The molecule has 0 saturated heterocycles. The number of benzene rings is 3. The van der Waals surface area contributed by atoms with E-state index in [1.54, 1.807) is 5.69 Å². The Morgan fingerprint density at radius 3 is 2.52 bits per heavy atom. The molecule has 0 radical (unpaired) electrons. The van der Waals surface area contributed by atoms with Gasteiger partial charge in [0.15, 0.2) is 0 Å². The van der Waals surface area contributed by atoms with Crippen LogP contribution in [0.25, 0.3) is 44.2 Å². The van der Waals surface area contributed by atoms with Crippen LogP contribution in [0, 0.1) is 6.92 Å². The molecule has 0 spiro atoms. The zero-order valence-electron chi connectivity index (χ0n) is 18.6. The first-order valence-electron chi connectivity index (χ1n) is 11.9. The van der Waals surface area contributed by atoms with Crippen molar-refractivity contribution in [3.05, 3.63) is 90.5 Å². The molecule has 1 saturated carbocycles. The minimum atomic E-state index is 0.724. The molecule has 160 valence electrons. The molecule has 4 heteroatoms. The number of aromatic nitrogens is 4. The Morgan fingerprint density at radius 1 is 0.758 bits per heavy atom. The summed E-state index contributed by atoms with van der Waals surface area (Å²) in [6, 6.07) is 25.5. The summed E-state index contributed by atoms with van der Waals surface area (Å²) in [5.41, 5.74) is 9.97. The van der Waals surface area contributed by atoms with Gasteiger partial charge in [0.25, 0.3) is 0 Å². The third kappa shape index (κ3) is 2.38. The van der Waals surface area contributed by atoms with Gasteiger partial charge in [0.1, 0.15) is 6.33 Å². The summed E-state index contributed by atoms with van der Waals surface area (Å²) in [6.07, 6.45) is 8.18. The lowest BCUT2D eigenvalue weighted by atomic mass is 10.1. The van der Waals surface area contributed by atoms with Crippen LogP contribution in [0.1, 0.15) is 42.5 Å². The molecule has 8 rings (SSSR count). The van der Waals surface area contributed by atoms with Crippen LogP contribution in [0.15, 0.2) is 79.3 Å². The summed E-state index contributed by atoms with van der Waals surface area (Å²) in [4.78, 5) is 4.61. The predicted octanol–water partition coefficient (Wildman–Crippen LogP) is 7.05. The van der Waals surface area contributed by atoms with Crippen molar-refractivity contribution in [2.24, 2.45) is 0 Å². The van der Waals surface area contributed by atoms with Gasteiger partial charge in [-0.2, -0.15) is 0 Å². The van der Waals surface area contributed by atoms with Crippen LogP contribution in [-0.2, 0) is 0 Å². The van der Waals surface area contributed by atoms with E-state index in [-0.39, 0.29) is 0 Å². The maximum absolute atomic E-state index is 4.61. The Morgan fingerprint density at radius 2 is 1.58 bits per heavy atom. The zero-order chi connectivity index (χ0) is 21.7. The highest BCUT2D eigenvalue weighted by Gasteiger charge is 2.37. The molecule has 1 aliphatic carbocycles. The Kier molecular flexibility index (Phi) is 3.31. The largest absolute Gasteiger partial charge is 0.341 e. The second kappa shape index (κ2) is 6.16. The van der Waals surface area contributed by atoms with E-state index < -0.39 is 0 Å². The monoisotopic (exact) mass is 428 g/mol. The van der Waals surface area contributed by atoms with Crippen LogP contribution in [0.3, 0.4) is 0 Å². The summed E-state index contributed by atoms with van der Waals surface area (Å²) in [5.74, 6) is 0.778. The van der Waals surface area contributed by atoms with E-state index >= 15 is 0 Å². The molecule has 3 aromatic heterocycles. The van der Waals surface area contributed by atoms with E-state index in [1.165, 1.54) is 52.3 Å². The van der Waals surface area contributed by atoms with E-state index in [4.69, 9.17) is 0 Å². The lowest BCUT2D eigenvalue weighted by Gasteiger charge is -2.15. The van der Waals surface area contributed by atoms with Crippen molar-refractivity contribution in [1.82, 2.24) is 18.7 Å². The fourth-order valence-corrected chi connectivity index (χ4v) is 6.41. The molecule has 4 nitrogen and oxygen atoms in total. The number of hydrogen-bond donors (Lipinski definition) is 0. The normalized spacial score (nSPS) is 19.3. The van der Waals surface area contributed by atoms with Crippen molar-refractivity contribution in [3.8, 4) is 11.4 Å². The first-order valence-corrected chi connectivity index (χ1v) is 11.9. The highest BCUT2D eigenvalue weighted by molar-refractivity contribution is 5.88. The number of hydrogen-bond acceptors (Lipinski definition) is 1. The standard InChI is InChI=1S/C29H24N4/c1-18-2-7-28-25(12-18)30-17-32(28)23-5-8-26-20(13-23)10-11-31(26)22-6-9-27-21(15-22)16-29-19-3-4-24(14-19)33(27)29/h2,5-13,15-17,19,24H,3-4,14H2,1H3. The van der Waals surface area contributed by atoms with E-state index in [2.05, 4.69) is 98.5 Å². The lowest BCUT2D eigenvalue weighted by Crippen LogP contribution is -2.04. The Balaban J connectivity index is 1.23. The van der Waals surface area contributed by atoms with Crippen LogP contribution < -0.4 is 0 Å². The lowest BCUT2D eigenvalue weighted by molar-refractivity contribution is 0.545. The molecular formula is C29H24N4. The summed E-state index contributed by atoms with van der Waals surface area (Å²) in [7, 11) is 0. The molecule has 1 fully saturated rings. The van der Waals surface area contributed by atoms with Crippen molar-refractivity contribution in [1.29, 1.82) is 0 Å². The number of nitrogens with zero attached hydrogens (tertiary/aromatic N) is 4. The van der Waals surface area contributed by atoms with Crippen molar-refractivity contribution >= 4 is 32.8 Å². The zero-order valence-corrected chi connectivity index (χ0v) is 18.6. The third-order valence-corrected chi connectivity index (χ3v) is 7.97. The van der Waals surface area contributed by atoms with Gasteiger partial charge in [-0.05, 0) is 92.4 Å². The van der Waals surface area contributed by atoms with Crippen LogP contribution in [-0.4, -0.2) is 18.7 Å². The van der Waals surface area contributed by atoms with Gasteiger partial charge in [0.2, 0.25) is 0 Å². The third-order valence-electron chi connectivity index (χ3n) is 7.97. The first kappa shape index (κ1) is 17.7. The van der Waals surface area contributed by atoms with Crippen molar-refractivity contribution < 1.29 is 0 Å². The minimum Gasteiger partial charge on any atom is -0.341 e. The molecule has 0 amide bonds. The average Bonchev–Trinajstić information content (AvgIpc) is 3.63. The summed E-state index contributed by atoms with van der Waals surface area (Å²) in [5, 5.41) is 2.61. The van der Waals surface area contributed by atoms with E-state index in [1.807, 2.05) is 6.33 Å². The van der Waals surface area contributed by atoms with Gasteiger partial charge < -0.3 is 9.13 Å². The van der Waals surface area contributed by atoms with Crippen molar-refractivity contribution in [2.75, 3.05) is 0 Å². The number of aryl methyl sites for hydroxylation is 1. The second-order valence-corrected chi connectivity index (χ2v) is 9.88. The Hall–Kier alpha value is -3.79. The molecule has 33 heavy (non-hydrogen) atoms. The Bertz CT molecular complexity index is 1730. The van der Waals surface area contributed by atoms with Crippen LogP contribution >= 0.6 is 0 Å². The minimum absolute atomic E-state index is 0.724. The van der Waals surface area contributed by atoms with Crippen LogP contribution in [0.2, 0.25) is 0 Å². The molecular weight excluding hydrogens is 404 g/mol. The van der Waals surface area contributed by atoms with E-state index in [0.717, 1.165) is 28.7 Å². The predicted molar refractivity (Wildman–Crippen MR) is 134 cm³/mol. The van der Waals surface area contributed by atoms with Gasteiger partial charge in [-0.15, -0.1) is 0 Å². The van der Waals surface area contributed by atoms with Gasteiger partial charge in [-0.3, -0.25) is 4.57 Å². The van der Waals surface area contributed by atoms with E-state index in [0.29, 0.717) is 0 Å². The average molecular weight is 429 g/mol. The van der Waals surface area contributed by atoms with Gasteiger partial charge in [0.05, 0.1) is 16.6 Å². The quantitative estimate of drug-likeness (QED) is 0.290. The molecule has 2 unspecified atom stereocenters. The maximum atomic E-state index is 4.61. The molecule has 6 aromatic rings. The van der Waals surface area contributed by atoms with Gasteiger partial charge in [-0.1, -0.05) is 6.07 Å². The maximum Gasteiger partial charge on any atom is 0.100 e. The number of fused-ring (bicyclic) bond motifs is 9. The SMILES string of the molecule is Cc1ccc2c(c1)ncn2-c1ccc2c(ccn2-c2ccc3c(c2)cc2n3C3CCC2C3)c1. The highest BCUT2D eigenvalue weighted by Crippen LogP contribution is 2.51. The van der Waals surface area contributed by atoms with Crippen molar-refractivity contribution in [3.63, 3.8) is 0 Å². The molecule has 2 atom stereocenters. The smallest absolute Gasteiger partial charge is 0.100 e. The van der Waals surface area contributed by atoms with E-state index in [9.17, 15) is 0 Å². The molecule has 2 bridgehead atoms. The Labute approximate surface area is 191 Å². The summed E-state index contributed by atoms with van der Waals surface area (Å²) < 4.78 is 7.10. The number of rotatable bonds is 2. The topological polar surface area (TPSA) is 27.7 Å². The fraction of sp³-hybridized carbons (Fsp3) is 0.207. The number of imidazole rings is 1. The molecule has 4 heterocycles. The first-order chi connectivity index (χ1) is 16.2. The summed E-state index contributed by atoms with van der Waals surface area (Å²) >= 11 is 0. The molecule has 2 aliphatic rings. The summed E-state index contributed by atoms with van der Waals surface area (Å²) in [6.45, 7) is 2.11. The molecule has 0 N–H and O–H groups in total. The highest BCUT2D eigenvalue weighted by atomic mass is 15.1. The van der Waals surface area contributed by atoms with Crippen molar-refractivity contribution in [2.45, 2.75) is 38.1 Å².